The van der Waals surface area contributed by atoms with Gasteiger partial charge in [0.1, 0.15) is 30.2 Å². The average Bonchev–Trinajstić information content (AvgIpc) is 3.07. The summed E-state index contributed by atoms with van der Waals surface area (Å²) < 4.78 is 6.07. The van der Waals surface area contributed by atoms with E-state index in [1.165, 1.54) is 0 Å². The first-order valence-electron chi connectivity index (χ1n) is 16.6. The van der Waals surface area contributed by atoms with Crippen LogP contribution in [0.5, 0.6) is 5.75 Å². The van der Waals surface area contributed by atoms with Crippen LogP contribution >= 0.6 is 0 Å². The van der Waals surface area contributed by atoms with E-state index in [1.807, 2.05) is 54.6 Å². The number of nitrogens with one attached hydrogen (secondary N) is 4. The van der Waals surface area contributed by atoms with Crippen LogP contribution in [-0.4, -0.2) is 42.8 Å². The van der Waals surface area contributed by atoms with Gasteiger partial charge < -0.3 is 26.4 Å². The number of rotatable bonds is 14. The zero-order valence-corrected chi connectivity index (χ0v) is 27.8. The van der Waals surface area contributed by atoms with E-state index in [-0.39, 0.29) is 49.2 Å². The van der Waals surface area contributed by atoms with Crippen LogP contribution in [0.2, 0.25) is 0 Å². The largest absolute Gasteiger partial charge is 0.491 e. The van der Waals surface area contributed by atoms with Gasteiger partial charge in [-0.05, 0) is 53.4 Å². The van der Waals surface area contributed by atoms with Crippen molar-refractivity contribution in [3.8, 4) is 5.75 Å². The second kappa shape index (κ2) is 16.8. The molecule has 1 unspecified atom stereocenters. The van der Waals surface area contributed by atoms with Crippen molar-refractivity contribution in [3.63, 3.8) is 0 Å². The topological polar surface area (TPSA) is 146 Å². The van der Waals surface area contributed by atoms with E-state index in [0.29, 0.717) is 5.56 Å². The Labute approximate surface area is 278 Å². The molecule has 6 N–H and O–H groups in total. The van der Waals surface area contributed by atoms with Gasteiger partial charge in [0.25, 0.3) is 0 Å². The lowest BCUT2D eigenvalue weighted by Gasteiger charge is -2.31. The first-order chi connectivity index (χ1) is 22.5. The van der Waals surface area contributed by atoms with E-state index in [1.54, 1.807) is 24.3 Å². The summed E-state index contributed by atoms with van der Waals surface area (Å²) in [5.41, 5.74) is 8.84. The summed E-state index contributed by atoms with van der Waals surface area (Å²) in [7, 11) is 0. The number of hydrogen-bond acceptors (Lipinski definition) is 5. The number of nitrogen functional groups attached to an aromatic ring is 1. The summed E-state index contributed by atoms with van der Waals surface area (Å²) in [6.45, 7) is 7.22. The zero-order valence-electron chi connectivity index (χ0n) is 27.8. The van der Waals surface area contributed by atoms with Crippen molar-refractivity contribution in [3.05, 3.63) is 101 Å². The molecule has 0 spiro atoms. The molecule has 0 bridgehead atoms. The molecule has 0 aromatic heterocycles. The molecule has 250 valence electrons. The van der Waals surface area contributed by atoms with E-state index in [4.69, 9.17) is 15.9 Å². The second-order valence-corrected chi connectivity index (χ2v) is 13.3. The third-order valence-electron chi connectivity index (χ3n) is 8.70. The molecule has 0 radical (unpaired) electrons. The van der Waals surface area contributed by atoms with Crippen molar-refractivity contribution >= 4 is 23.6 Å². The number of nitrogens with two attached hydrogens (primary N) is 1. The summed E-state index contributed by atoms with van der Waals surface area (Å²) in [6, 6.07) is 23.6. The maximum absolute atomic E-state index is 13.9. The highest BCUT2D eigenvalue weighted by Gasteiger charge is 2.35. The Hall–Kier alpha value is -4.66. The van der Waals surface area contributed by atoms with Gasteiger partial charge in [-0.15, -0.1) is 0 Å². The fourth-order valence-corrected chi connectivity index (χ4v) is 6.04. The fraction of sp³-hybridized carbons (Fsp3) is 0.421. The van der Waals surface area contributed by atoms with Crippen LogP contribution in [0.3, 0.4) is 0 Å². The number of hydrogen-bond donors (Lipinski definition) is 5. The number of amides is 3. The SMILES string of the molecule is CC(C)(C)c1ccccc1OCCNC(=O)[C@@H](NC(=O)C(Cc1ccc(C(=N)N)cc1)C(=O)NCc1ccccc1)C1CCCCC1. The normalized spacial score (nSPS) is 14.8. The molecule has 0 saturated heterocycles. The molecule has 4 rings (SSSR count). The highest BCUT2D eigenvalue weighted by molar-refractivity contribution is 6.02. The van der Waals surface area contributed by atoms with Gasteiger partial charge in [0.15, 0.2) is 0 Å². The number of benzene rings is 3. The van der Waals surface area contributed by atoms with Crippen LogP contribution in [0.15, 0.2) is 78.9 Å². The van der Waals surface area contributed by atoms with Gasteiger partial charge >= 0.3 is 0 Å². The van der Waals surface area contributed by atoms with Crippen molar-refractivity contribution in [1.29, 1.82) is 5.41 Å². The number of carbonyl (C=O) groups excluding carboxylic acids is 3. The smallest absolute Gasteiger partial charge is 0.242 e. The van der Waals surface area contributed by atoms with Crippen molar-refractivity contribution in [2.24, 2.45) is 17.6 Å². The third kappa shape index (κ3) is 10.4. The maximum Gasteiger partial charge on any atom is 0.242 e. The summed E-state index contributed by atoms with van der Waals surface area (Å²) in [5.74, 6) is -1.56. The number of ether oxygens (including phenoxy) is 1. The van der Waals surface area contributed by atoms with Gasteiger partial charge in [-0.1, -0.05) is 113 Å². The zero-order chi connectivity index (χ0) is 33.8. The van der Waals surface area contributed by atoms with Gasteiger partial charge in [-0.2, -0.15) is 0 Å². The lowest BCUT2D eigenvalue weighted by Crippen LogP contribution is -2.55. The first-order valence-corrected chi connectivity index (χ1v) is 16.6. The molecule has 2 atom stereocenters. The quantitative estimate of drug-likeness (QED) is 0.0729. The summed E-state index contributed by atoms with van der Waals surface area (Å²) in [5, 5.41) is 16.6. The molecule has 1 fully saturated rings. The molecule has 9 heteroatoms. The van der Waals surface area contributed by atoms with Crippen molar-refractivity contribution < 1.29 is 19.1 Å². The highest BCUT2D eigenvalue weighted by Crippen LogP contribution is 2.31. The van der Waals surface area contributed by atoms with Crippen LogP contribution < -0.4 is 26.4 Å². The summed E-state index contributed by atoms with van der Waals surface area (Å²) in [6.07, 6.45) is 4.85. The van der Waals surface area contributed by atoms with Gasteiger partial charge in [-0.25, -0.2) is 0 Å². The van der Waals surface area contributed by atoms with Gasteiger partial charge in [0, 0.05) is 12.1 Å². The predicted molar refractivity (Wildman–Crippen MR) is 185 cm³/mol. The van der Waals surface area contributed by atoms with Crippen LogP contribution in [0.4, 0.5) is 0 Å². The summed E-state index contributed by atoms with van der Waals surface area (Å²) in [4.78, 5) is 41.2. The van der Waals surface area contributed by atoms with E-state index < -0.39 is 23.8 Å². The standard InChI is InChI=1S/C38H49N5O4/c1-38(2,3)31-16-10-11-17-32(31)47-23-22-41-37(46)33(28-14-8-5-9-15-28)43-36(45)30(24-26-18-20-29(21-19-26)34(39)40)35(44)42-25-27-12-6-4-7-13-27/h4,6-7,10-13,16-21,28,30,33H,5,8-9,14-15,22-25H2,1-3H3,(H3,39,40)(H,41,46)(H,42,44)(H,43,45)/t30?,33-/m0/s1. The molecule has 0 heterocycles. The first kappa shape index (κ1) is 35.2. The van der Waals surface area contributed by atoms with Crippen molar-refractivity contribution in [2.45, 2.75) is 77.3 Å². The molecule has 0 aliphatic heterocycles. The van der Waals surface area contributed by atoms with Gasteiger partial charge in [0.05, 0.1) is 6.54 Å². The Kier molecular flexibility index (Phi) is 12.6. The lowest BCUT2D eigenvalue weighted by molar-refractivity contribution is -0.138. The fourth-order valence-electron chi connectivity index (χ4n) is 6.04. The Morgan fingerprint density at radius 2 is 1.49 bits per heavy atom. The highest BCUT2D eigenvalue weighted by atomic mass is 16.5. The minimum atomic E-state index is -1.07. The van der Waals surface area contributed by atoms with Gasteiger partial charge in [-0.3, -0.25) is 19.8 Å². The van der Waals surface area contributed by atoms with Crippen LogP contribution in [-0.2, 0) is 32.8 Å². The van der Waals surface area contributed by atoms with Crippen molar-refractivity contribution in [1.82, 2.24) is 16.0 Å². The number of para-hydroxylation sites is 1. The molecule has 3 aromatic rings. The van der Waals surface area contributed by atoms with Crippen LogP contribution in [0.1, 0.15) is 75.1 Å². The minimum Gasteiger partial charge on any atom is -0.491 e. The molecule has 1 aliphatic carbocycles. The molecule has 3 aromatic carbocycles. The lowest BCUT2D eigenvalue weighted by atomic mass is 9.83. The molecule has 1 saturated carbocycles. The number of carbonyl (C=O) groups is 3. The molecule has 47 heavy (non-hydrogen) atoms. The molecule has 3 amide bonds. The van der Waals surface area contributed by atoms with Gasteiger partial charge in [0.2, 0.25) is 17.7 Å². The predicted octanol–water partition coefficient (Wildman–Crippen LogP) is 5.00. The average molecular weight is 640 g/mol. The van der Waals surface area contributed by atoms with E-state index in [9.17, 15) is 14.4 Å². The van der Waals surface area contributed by atoms with Crippen molar-refractivity contribution in [2.75, 3.05) is 13.2 Å². The number of amidine groups is 1. The summed E-state index contributed by atoms with van der Waals surface area (Å²) >= 11 is 0. The van der Waals surface area contributed by atoms with E-state index in [2.05, 4.69) is 36.7 Å². The molecule has 9 nitrogen and oxygen atoms in total. The monoisotopic (exact) mass is 639 g/mol. The Morgan fingerprint density at radius 3 is 2.15 bits per heavy atom. The van der Waals surface area contributed by atoms with Crippen LogP contribution in [0.25, 0.3) is 0 Å². The van der Waals surface area contributed by atoms with E-state index >= 15 is 0 Å². The minimum absolute atomic E-state index is 0.0295. The second-order valence-electron chi connectivity index (χ2n) is 13.3. The van der Waals surface area contributed by atoms with Crippen LogP contribution in [0, 0.1) is 17.2 Å². The molecule has 1 aliphatic rings. The maximum atomic E-state index is 13.9. The Balaban J connectivity index is 1.46. The Bertz CT molecular complexity index is 1490. The molecular weight excluding hydrogens is 590 g/mol. The third-order valence-corrected chi connectivity index (χ3v) is 8.70. The van der Waals surface area contributed by atoms with E-state index in [0.717, 1.165) is 54.5 Å². The molecular formula is C38H49N5O4. The Morgan fingerprint density at radius 1 is 0.830 bits per heavy atom.